The number of fused-ring (bicyclic) bond motifs is 1. The highest BCUT2D eigenvalue weighted by Crippen LogP contribution is 2.33. The molecule has 1 aliphatic heterocycles. The Morgan fingerprint density at radius 2 is 1.74 bits per heavy atom. The van der Waals surface area contributed by atoms with Gasteiger partial charge in [-0.2, -0.15) is 0 Å². The normalized spacial score (nSPS) is 16.7. The number of para-hydroxylation sites is 1. The lowest BCUT2D eigenvalue weighted by Crippen LogP contribution is -2.37. The van der Waals surface area contributed by atoms with Gasteiger partial charge in [0.05, 0.1) is 17.7 Å². The smallest absolute Gasteiger partial charge is 0.228 e. The third-order valence-electron chi connectivity index (χ3n) is 4.72. The predicted octanol–water partition coefficient (Wildman–Crippen LogP) is 3.41. The molecule has 134 valence electrons. The number of pyridine rings is 1. The van der Waals surface area contributed by atoms with E-state index in [0.717, 1.165) is 16.8 Å². The number of hydrogen-bond acceptors (Lipinski definition) is 3. The van der Waals surface area contributed by atoms with Gasteiger partial charge in [0.15, 0.2) is 0 Å². The Kier molecular flexibility index (Phi) is 4.66. The van der Waals surface area contributed by atoms with Crippen LogP contribution in [0.2, 0.25) is 0 Å². The summed E-state index contributed by atoms with van der Waals surface area (Å²) in [6.07, 6.45) is 1.84. The van der Waals surface area contributed by atoms with Gasteiger partial charge in [-0.3, -0.25) is 14.6 Å². The van der Waals surface area contributed by atoms with Gasteiger partial charge in [-0.05, 0) is 29.3 Å². The number of aromatic nitrogens is 1. The summed E-state index contributed by atoms with van der Waals surface area (Å²) < 4.78 is 0. The maximum Gasteiger partial charge on any atom is 0.228 e. The Balaban J connectivity index is 1.66. The highest BCUT2D eigenvalue weighted by molar-refractivity contribution is 6.01. The lowest BCUT2D eigenvalue weighted by molar-refractivity contribution is -0.126. The van der Waals surface area contributed by atoms with Gasteiger partial charge in [-0.25, -0.2) is 0 Å². The molecule has 0 radical (unpaired) electrons. The molecule has 1 aliphatic rings. The van der Waals surface area contributed by atoms with Crippen molar-refractivity contribution in [2.24, 2.45) is 0 Å². The van der Waals surface area contributed by atoms with Crippen LogP contribution in [0.1, 0.15) is 35.2 Å². The minimum atomic E-state index is -0.523. The average Bonchev–Trinajstić information content (AvgIpc) is 2.72. The Morgan fingerprint density at radius 3 is 2.52 bits per heavy atom. The summed E-state index contributed by atoms with van der Waals surface area (Å²) in [5.74, 6) is -0.857. The van der Waals surface area contributed by atoms with Crippen molar-refractivity contribution in [2.75, 3.05) is 5.32 Å². The third kappa shape index (κ3) is 3.58. The highest BCUT2D eigenvalue weighted by atomic mass is 16.2. The van der Waals surface area contributed by atoms with E-state index in [2.05, 4.69) is 15.6 Å². The first kappa shape index (κ1) is 17.0. The van der Waals surface area contributed by atoms with E-state index in [4.69, 9.17) is 0 Å². The highest BCUT2D eigenvalue weighted by Gasteiger charge is 2.32. The molecule has 2 aromatic carbocycles. The maximum atomic E-state index is 13.1. The molecule has 1 aromatic heterocycles. The molecule has 2 N–H and O–H groups in total. The Bertz CT molecular complexity index is 918. The van der Waals surface area contributed by atoms with Crippen molar-refractivity contribution in [3.8, 4) is 0 Å². The summed E-state index contributed by atoms with van der Waals surface area (Å²) in [5.41, 5.74) is 3.23. The number of amides is 2. The van der Waals surface area contributed by atoms with Crippen molar-refractivity contribution in [1.82, 2.24) is 10.3 Å². The Labute approximate surface area is 157 Å². The second-order valence-corrected chi connectivity index (χ2v) is 6.50. The van der Waals surface area contributed by atoms with Gasteiger partial charge < -0.3 is 10.6 Å². The quantitative estimate of drug-likeness (QED) is 0.752. The summed E-state index contributed by atoms with van der Waals surface area (Å²) >= 11 is 0. The van der Waals surface area contributed by atoms with Crippen LogP contribution in [0.3, 0.4) is 0 Å². The minimum absolute atomic E-state index is 0.132. The number of nitrogens with one attached hydrogen (secondary N) is 2. The standard InChI is InChI=1S/C22H19N3O2/c26-20-14-17(16-10-4-5-11-18(16)24-20)22(27)25-21(15-8-2-1-3-9-15)19-12-6-7-13-23-19/h1-13,17,21H,14H2,(H,24,26)(H,25,27). The second kappa shape index (κ2) is 7.41. The SMILES string of the molecule is O=C1CC(C(=O)NC(c2ccccc2)c2ccccn2)c2ccccc2N1. The fourth-order valence-electron chi connectivity index (χ4n) is 3.41. The molecule has 2 heterocycles. The molecule has 0 saturated heterocycles. The molecule has 0 spiro atoms. The third-order valence-corrected chi connectivity index (χ3v) is 4.72. The topological polar surface area (TPSA) is 71.1 Å². The van der Waals surface area contributed by atoms with Crippen LogP contribution < -0.4 is 10.6 Å². The Hall–Kier alpha value is -3.47. The zero-order valence-electron chi connectivity index (χ0n) is 14.6. The fraction of sp³-hybridized carbons (Fsp3) is 0.136. The van der Waals surface area contributed by atoms with E-state index in [1.807, 2.05) is 72.8 Å². The maximum absolute atomic E-state index is 13.1. The number of rotatable bonds is 4. The molecule has 2 amide bonds. The van der Waals surface area contributed by atoms with Gasteiger partial charge in [-0.1, -0.05) is 54.6 Å². The van der Waals surface area contributed by atoms with Gasteiger partial charge in [0.25, 0.3) is 0 Å². The second-order valence-electron chi connectivity index (χ2n) is 6.50. The van der Waals surface area contributed by atoms with Crippen LogP contribution in [-0.4, -0.2) is 16.8 Å². The van der Waals surface area contributed by atoms with Crippen LogP contribution >= 0.6 is 0 Å². The molecule has 0 fully saturated rings. The zero-order chi connectivity index (χ0) is 18.6. The largest absolute Gasteiger partial charge is 0.343 e. The molecular formula is C22H19N3O2. The molecule has 0 saturated carbocycles. The number of nitrogens with zero attached hydrogens (tertiary/aromatic N) is 1. The lowest BCUT2D eigenvalue weighted by atomic mass is 9.89. The first-order chi connectivity index (χ1) is 13.2. The van der Waals surface area contributed by atoms with Crippen LogP contribution in [0.5, 0.6) is 0 Å². The van der Waals surface area contributed by atoms with E-state index in [-0.39, 0.29) is 24.3 Å². The van der Waals surface area contributed by atoms with E-state index < -0.39 is 5.92 Å². The molecule has 27 heavy (non-hydrogen) atoms. The first-order valence-electron chi connectivity index (χ1n) is 8.87. The summed E-state index contributed by atoms with van der Waals surface area (Å²) in [6.45, 7) is 0. The molecular weight excluding hydrogens is 338 g/mol. The summed E-state index contributed by atoms with van der Waals surface area (Å²) in [7, 11) is 0. The van der Waals surface area contributed by atoms with Crippen molar-refractivity contribution >= 4 is 17.5 Å². The number of benzene rings is 2. The summed E-state index contributed by atoms with van der Waals surface area (Å²) in [5, 5.41) is 5.93. The molecule has 0 aliphatic carbocycles. The van der Waals surface area contributed by atoms with Crippen LogP contribution in [0.25, 0.3) is 0 Å². The van der Waals surface area contributed by atoms with Crippen molar-refractivity contribution in [3.05, 3.63) is 95.8 Å². The fourth-order valence-corrected chi connectivity index (χ4v) is 3.41. The van der Waals surface area contributed by atoms with Crippen molar-refractivity contribution < 1.29 is 9.59 Å². The summed E-state index contributed by atoms with van der Waals surface area (Å²) in [4.78, 5) is 29.6. The first-order valence-corrected chi connectivity index (χ1v) is 8.87. The van der Waals surface area contributed by atoms with Crippen LogP contribution in [0.15, 0.2) is 79.0 Å². The van der Waals surface area contributed by atoms with Crippen LogP contribution in [0, 0.1) is 0 Å². The van der Waals surface area contributed by atoms with Gasteiger partial charge in [0.1, 0.15) is 0 Å². The van der Waals surface area contributed by atoms with Crippen molar-refractivity contribution in [3.63, 3.8) is 0 Å². The van der Waals surface area contributed by atoms with Crippen molar-refractivity contribution in [2.45, 2.75) is 18.4 Å². The lowest BCUT2D eigenvalue weighted by Gasteiger charge is -2.27. The van der Waals surface area contributed by atoms with Crippen LogP contribution in [-0.2, 0) is 9.59 Å². The van der Waals surface area contributed by atoms with E-state index in [1.165, 1.54) is 0 Å². The van der Waals surface area contributed by atoms with Crippen molar-refractivity contribution in [1.29, 1.82) is 0 Å². The van der Waals surface area contributed by atoms with E-state index in [1.54, 1.807) is 6.20 Å². The van der Waals surface area contributed by atoms with Gasteiger partial charge in [0.2, 0.25) is 11.8 Å². The van der Waals surface area contributed by atoms with Crippen LogP contribution in [0.4, 0.5) is 5.69 Å². The molecule has 5 heteroatoms. The number of carbonyl (C=O) groups is 2. The molecule has 3 aromatic rings. The molecule has 4 rings (SSSR count). The number of hydrogen-bond donors (Lipinski definition) is 2. The number of carbonyl (C=O) groups excluding carboxylic acids is 2. The zero-order valence-corrected chi connectivity index (χ0v) is 14.6. The Morgan fingerprint density at radius 1 is 1.00 bits per heavy atom. The summed E-state index contributed by atoms with van der Waals surface area (Å²) in [6, 6.07) is 22.4. The average molecular weight is 357 g/mol. The molecule has 2 unspecified atom stereocenters. The predicted molar refractivity (Wildman–Crippen MR) is 103 cm³/mol. The van der Waals surface area contributed by atoms with E-state index in [9.17, 15) is 9.59 Å². The van der Waals surface area contributed by atoms with E-state index in [0.29, 0.717) is 5.69 Å². The van der Waals surface area contributed by atoms with Gasteiger partial charge in [0, 0.05) is 18.3 Å². The molecule has 0 bridgehead atoms. The van der Waals surface area contributed by atoms with Gasteiger partial charge in [-0.15, -0.1) is 0 Å². The van der Waals surface area contributed by atoms with E-state index >= 15 is 0 Å². The van der Waals surface area contributed by atoms with Gasteiger partial charge >= 0.3 is 0 Å². The molecule has 5 nitrogen and oxygen atoms in total. The monoisotopic (exact) mass is 357 g/mol. The number of anilines is 1. The molecule has 2 atom stereocenters. The minimum Gasteiger partial charge on any atom is -0.343 e.